The quantitative estimate of drug-likeness (QED) is 0.607. The Bertz CT molecular complexity index is 290. The van der Waals surface area contributed by atoms with E-state index in [9.17, 15) is 4.79 Å². The fourth-order valence-electron chi connectivity index (χ4n) is 5.93. The highest BCUT2D eigenvalue weighted by Crippen LogP contribution is 2.66. The Hall–Kier alpha value is -0.330. The summed E-state index contributed by atoms with van der Waals surface area (Å²) in [5.74, 6) is 4.71. The Morgan fingerprint density at radius 2 is 1.31 bits per heavy atom. The molecular formula is C15H22O. The van der Waals surface area contributed by atoms with Gasteiger partial charge in [0.15, 0.2) is 0 Å². The van der Waals surface area contributed by atoms with E-state index < -0.39 is 0 Å². The molecule has 0 unspecified atom stereocenters. The second kappa shape index (κ2) is 3.11. The number of ketones is 1. The summed E-state index contributed by atoms with van der Waals surface area (Å²) in [7, 11) is 0. The molecule has 5 fully saturated rings. The zero-order valence-corrected chi connectivity index (χ0v) is 10.1. The van der Waals surface area contributed by atoms with E-state index >= 15 is 0 Å². The minimum Gasteiger partial charge on any atom is -0.300 e. The molecule has 5 saturated carbocycles. The van der Waals surface area contributed by atoms with Crippen molar-refractivity contribution in [3.63, 3.8) is 0 Å². The normalized spacial score (nSPS) is 48.9. The molecule has 5 aliphatic rings. The summed E-state index contributed by atoms with van der Waals surface area (Å²) in [6, 6.07) is 0. The van der Waals surface area contributed by atoms with Crippen LogP contribution in [0.3, 0.4) is 0 Å². The van der Waals surface area contributed by atoms with Crippen molar-refractivity contribution in [3.05, 3.63) is 0 Å². The summed E-state index contributed by atoms with van der Waals surface area (Å²) in [5.41, 5.74) is 0.640. The molecule has 0 aromatic heterocycles. The van der Waals surface area contributed by atoms with Crippen LogP contribution >= 0.6 is 0 Å². The fraction of sp³-hybridized carbons (Fsp3) is 0.933. The molecule has 1 heteroatoms. The van der Waals surface area contributed by atoms with Crippen LogP contribution in [-0.4, -0.2) is 5.78 Å². The Morgan fingerprint density at radius 3 is 1.81 bits per heavy atom. The van der Waals surface area contributed by atoms with E-state index in [4.69, 9.17) is 0 Å². The highest BCUT2D eigenvalue weighted by atomic mass is 16.1. The third-order valence-corrected chi connectivity index (χ3v) is 6.50. The van der Waals surface area contributed by atoms with E-state index in [0.29, 0.717) is 11.2 Å². The highest BCUT2D eigenvalue weighted by molar-refractivity contribution is 5.79. The summed E-state index contributed by atoms with van der Waals surface area (Å²) in [4.78, 5) is 11.5. The predicted molar refractivity (Wildman–Crippen MR) is 63.0 cm³/mol. The van der Waals surface area contributed by atoms with Gasteiger partial charge in [0, 0.05) is 12.8 Å². The van der Waals surface area contributed by atoms with Gasteiger partial charge in [-0.05, 0) is 74.0 Å². The first-order valence-electron chi connectivity index (χ1n) is 7.28. The second-order valence-electron chi connectivity index (χ2n) is 7.08. The van der Waals surface area contributed by atoms with Gasteiger partial charge < -0.3 is 0 Å². The summed E-state index contributed by atoms with van der Waals surface area (Å²) in [6.45, 7) is 0. The summed E-state index contributed by atoms with van der Waals surface area (Å²) >= 11 is 0. The molecule has 0 atom stereocenters. The molecule has 0 saturated heterocycles. The lowest BCUT2D eigenvalue weighted by Crippen LogP contribution is -2.54. The third-order valence-electron chi connectivity index (χ3n) is 6.50. The van der Waals surface area contributed by atoms with Gasteiger partial charge in [0.05, 0.1) is 0 Å². The SMILES string of the molecule is O=C1CCC2(CC1)[C@H]1C[C@H]3C[C@H](C1)C[C@H]2C3. The third kappa shape index (κ3) is 1.15. The first-order valence-corrected chi connectivity index (χ1v) is 7.28. The largest absolute Gasteiger partial charge is 0.300 e. The fourth-order valence-corrected chi connectivity index (χ4v) is 5.93. The number of Topliss-reactive ketones (excluding diaryl/α,β-unsaturated/α-hetero) is 1. The number of carbonyl (C=O) groups is 1. The molecule has 16 heavy (non-hydrogen) atoms. The number of hydrogen-bond donors (Lipinski definition) is 0. The highest BCUT2D eigenvalue weighted by Gasteiger charge is 2.57. The lowest BCUT2D eigenvalue weighted by molar-refractivity contribution is -0.143. The molecule has 0 aliphatic heterocycles. The van der Waals surface area contributed by atoms with Gasteiger partial charge in [0.25, 0.3) is 0 Å². The van der Waals surface area contributed by atoms with Gasteiger partial charge in [-0.25, -0.2) is 0 Å². The smallest absolute Gasteiger partial charge is 0.132 e. The molecule has 1 nitrogen and oxygen atoms in total. The van der Waals surface area contributed by atoms with Crippen LogP contribution in [0.25, 0.3) is 0 Å². The van der Waals surface area contributed by atoms with Crippen LogP contribution in [-0.2, 0) is 4.79 Å². The van der Waals surface area contributed by atoms with Gasteiger partial charge in [-0.3, -0.25) is 4.79 Å². The number of carbonyl (C=O) groups excluding carboxylic acids is 1. The topological polar surface area (TPSA) is 17.1 Å². The van der Waals surface area contributed by atoms with E-state index in [-0.39, 0.29) is 0 Å². The van der Waals surface area contributed by atoms with E-state index in [0.717, 1.165) is 36.5 Å². The number of rotatable bonds is 0. The molecule has 88 valence electrons. The van der Waals surface area contributed by atoms with E-state index in [1.807, 2.05) is 0 Å². The van der Waals surface area contributed by atoms with Crippen molar-refractivity contribution in [2.45, 2.75) is 57.8 Å². The monoisotopic (exact) mass is 218 g/mol. The van der Waals surface area contributed by atoms with Gasteiger partial charge in [-0.2, -0.15) is 0 Å². The molecule has 0 N–H and O–H groups in total. The van der Waals surface area contributed by atoms with E-state index in [2.05, 4.69) is 0 Å². The van der Waals surface area contributed by atoms with Crippen LogP contribution in [0.5, 0.6) is 0 Å². The van der Waals surface area contributed by atoms with Crippen LogP contribution in [0.4, 0.5) is 0 Å². The Balaban J connectivity index is 1.66. The van der Waals surface area contributed by atoms with Crippen molar-refractivity contribution >= 4 is 5.78 Å². The van der Waals surface area contributed by atoms with Gasteiger partial charge in [0.2, 0.25) is 0 Å². The van der Waals surface area contributed by atoms with Crippen LogP contribution in [0.1, 0.15) is 57.8 Å². The standard InChI is InChI=1S/C15H22O/c16-14-1-3-15(4-2-14)12-6-10-5-11(8-12)9-13(15)7-10/h10-13H,1-9H2/t10-,11-,12-,13+. The average Bonchev–Trinajstić information content (AvgIpc) is 2.27. The van der Waals surface area contributed by atoms with Crippen molar-refractivity contribution in [1.29, 1.82) is 0 Å². The van der Waals surface area contributed by atoms with E-state index in [1.54, 1.807) is 6.42 Å². The van der Waals surface area contributed by atoms with Crippen molar-refractivity contribution in [2.24, 2.45) is 29.1 Å². The maximum atomic E-state index is 11.5. The molecule has 4 bridgehead atoms. The van der Waals surface area contributed by atoms with Crippen molar-refractivity contribution < 1.29 is 4.79 Å². The maximum Gasteiger partial charge on any atom is 0.132 e. The summed E-state index contributed by atoms with van der Waals surface area (Å²) in [5, 5.41) is 0. The van der Waals surface area contributed by atoms with Crippen LogP contribution in [0, 0.1) is 29.1 Å². The minimum absolute atomic E-state index is 0.541. The maximum absolute atomic E-state index is 11.5. The number of hydrogen-bond acceptors (Lipinski definition) is 1. The molecule has 0 aromatic rings. The lowest BCUT2D eigenvalue weighted by Gasteiger charge is -2.62. The van der Waals surface area contributed by atoms with Crippen LogP contribution < -0.4 is 0 Å². The molecule has 5 aliphatic carbocycles. The van der Waals surface area contributed by atoms with Crippen LogP contribution in [0.2, 0.25) is 0 Å². The lowest BCUT2D eigenvalue weighted by atomic mass is 9.42. The average molecular weight is 218 g/mol. The zero-order valence-electron chi connectivity index (χ0n) is 10.1. The molecule has 0 aromatic carbocycles. The van der Waals surface area contributed by atoms with Crippen molar-refractivity contribution in [3.8, 4) is 0 Å². The zero-order chi connectivity index (χ0) is 10.8. The minimum atomic E-state index is 0.541. The molecule has 5 rings (SSSR count). The summed E-state index contributed by atoms with van der Waals surface area (Å²) in [6.07, 6.45) is 11.9. The van der Waals surface area contributed by atoms with Crippen molar-refractivity contribution in [2.75, 3.05) is 0 Å². The molecular weight excluding hydrogens is 196 g/mol. The molecule has 0 radical (unpaired) electrons. The Labute approximate surface area is 98.0 Å². The first kappa shape index (κ1) is 9.67. The molecule has 0 amide bonds. The Morgan fingerprint density at radius 1 is 0.812 bits per heavy atom. The molecule has 0 heterocycles. The summed E-state index contributed by atoms with van der Waals surface area (Å²) < 4.78 is 0. The van der Waals surface area contributed by atoms with Gasteiger partial charge in [-0.15, -0.1) is 0 Å². The second-order valence-corrected chi connectivity index (χ2v) is 7.08. The van der Waals surface area contributed by atoms with Gasteiger partial charge >= 0.3 is 0 Å². The van der Waals surface area contributed by atoms with Gasteiger partial charge in [0.1, 0.15) is 5.78 Å². The Kier molecular flexibility index (Phi) is 1.88. The predicted octanol–water partition coefficient (Wildman–Crippen LogP) is 3.57. The van der Waals surface area contributed by atoms with Gasteiger partial charge in [-0.1, -0.05) is 0 Å². The van der Waals surface area contributed by atoms with E-state index in [1.165, 1.54) is 38.5 Å². The van der Waals surface area contributed by atoms with Crippen molar-refractivity contribution in [1.82, 2.24) is 0 Å². The molecule has 1 spiro atoms. The van der Waals surface area contributed by atoms with Crippen LogP contribution in [0.15, 0.2) is 0 Å². The first-order chi connectivity index (χ1) is 7.76.